The van der Waals surface area contributed by atoms with E-state index in [1.165, 1.54) is 11.8 Å². The number of aliphatic hydroxyl groups is 1. The zero-order chi connectivity index (χ0) is 12.5. The van der Waals surface area contributed by atoms with E-state index in [1.807, 2.05) is 12.1 Å². The summed E-state index contributed by atoms with van der Waals surface area (Å²) in [6, 6.07) is 8.13. The van der Waals surface area contributed by atoms with E-state index in [0.717, 1.165) is 5.56 Å². The molecule has 1 aromatic carbocycles. The summed E-state index contributed by atoms with van der Waals surface area (Å²) in [7, 11) is 0. The summed E-state index contributed by atoms with van der Waals surface area (Å²) in [5.41, 5.74) is 2.83. The van der Waals surface area contributed by atoms with Gasteiger partial charge in [0.1, 0.15) is 12.0 Å². The van der Waals surface area contributed by atoms with Crippen molar-refractivity contribution >= 4 is 0 Å². The van der Waals surface area contributed by atoms with Gasteiger partial charge in [0.15, 0.2) is 0 Å². The molecule has 0 saturated heterocycles. The van der Waals surface area contributed by atoms with Gasteiger partial charge in [-0.05, 0) is 23.1 Å². The molecule has 1 N–H and O–H groups in total. The minimum absolute atomic E-state index is 0.0948. The smallest absolute Gasteiger partial charge is 0.226 e. The average molecular weight is 231 g/mol. The first-order valence-electron chi connectivity index (χ1n) is 5.67. The molecule has 0 atom stereocenters. The lowest BCUT2D eigenvalue weighted by Crippen LogP contribution is -2.10. The molecule has 2 rings (SSSR count). The van der Waals surface area contributed by atoms with Crippen LogP contribution in [0, 0.1) is 0 Å². The SMILES string of the molecule is CC(C)(C)c1cccc(-c2nc(CO)co2)c1. The van der Waals surface area contributed by atoms with Crippen molar-refractivity contribution in [2.24, 2.45) is 0 Å². The van der Waals surface area contributed by atoms with Gasteiger partial charge in [0.2, 0.25) is 5.89 Å². The van der Waals surface area contributed by atoms with Crippen molar-refractivity contribution in [2.75, 3.05) is 0 Å². The van der Waals surface area contributed by atoms with E-state index in [4.69, 9.17) is 9.52 Å². The van der Waals surface area contributed by atoms with Crippen LogP contribution in [0.5, 0.6) is 0 Å². The van der Waals surface area contributed by atoms with Gasteiger partial charge >= 0.3 is 0 Å². The molecule has 0 unspecified atom stereocenters. The van der Waals surface area contributed by atoms with Crippen molar-refractivity contribution in [3.63, 3.8) is 0 Å². The molecule has 17 heavy (non-hydrogen) atoms. The molecule has 3 nitrogen and oxygen atoms in total. The van der Waals surface area contributed by atoms with Crippen LogP contribution < -0.4 is 0 Å². The van der Waals surface area contributed by atoms with Gasteiger partial charge in [-0.3, -0.25) is 0 Å². The van der Waals surface area contributed by atoms with Gasteiger partial charge in [-0.1, -0.05) is 32.9 Å². The van der Waals surface area contributed by atoms with E-state index < -0.39 is 0 Å². The third kappa shape index (κ3) is 2.56. The Balaban J connectivity index is 2.39. The summed E-state index contributed by atoms with van der Waals surface area (Å²) in [6.07, 6.45) is 1.49. The maximum Gasteiger partial charge on any atom is 0.226 e. The van der Waals surface area contributed by atoms with E-state index in [9.17, 15) is 0 Å². The third-order valence-electron chi connectivity index (χ3n) is 2.69. The Bertz CT molecular complexity index is 509. The highest BCUT2D eigenvalue weighted by Gasteiger charge is 2.15. The number of hydrogen-bond acceptors (Lipinski definition) is 3. The van der Waals surface area contributed by atoms with E-state index in [1.54, 1.807) is 0 Å². The molecule has 0 radical (unpaired) electrons. The van der Waals surface area contributed by atoms with Gasteiger partial charge in [0, 0.05) is 5.56 Å². The Labute approximate surface area is 101 Å². The summed E-state index contributed by atoms with van der Waals surface area (Å²) in [6.45, 7) is 6.41. The lowest BCUT2D eigenvalue weighted by Gasteiger charge is -2.19. The molecule has 0 aliphatic rings. The first-order chi connectivity index (χ1) is 8.00. The maximum atomic E-state index is 8.96. The highest BCUT2D eigenvalue weighted by molar-refractivity contribution is 5.55. The number of hydrogen-bond donors (Lipinski definition) is 1. The minimum Gasteiger partial charge on any atom is -0.444 e. The van der Waals surface area contributed by atoms with E-state index in [0.29, 0.717) is 11.6 Å². The van der Waals surface area contributed by atoms with E-state index in [-0.39, 0.29) is 12.0 Å². The average Bonchev–Trinajstić information content (AvgIpc) is 2.76. The summed E-state index contributed by atoms with van der Waals surface area (Å²) in [4.78, 5) is 4.21. The Morgan fingerprint density at radius 3 is 2.65 bits per heavy atom. The van der Waals surface area contributed by atoms with Gasteiger partial charge in [0.05, 0.1) is 6.61 Å². The molecule has 0 bridgehead atoms. The zero-order valence-electron chi connectivity index (χ0n) is 10.4. The fourth-order valence-electron chi connectivity index (χ4n) is 1.63. The normalized spacial score (nSPS) is 11.8. The molecule has 1 aromatic heterocycles. The third-order valence-corrected chi connectivity index (χ3v) is 2.69. The van der Waals surface area contributed by atoms with Crippen LogP contribution in [0.4, 0.5) is 0 Å². The molecule has 2 aromatic rings. The topological polar surface area (TPSA) is 46.3 Å². The Morgan fingerprint density at radius 1 is 1.29 bits per heavy atom. The summed E-state index contributed by atoms with van der Waals surface area (Å²) in [5.74, 6) is 0.556. The largest absolute Gasteiger partial charge is 0.444 e. The lowest BCUT2D eigenvalue weighted by atomic mass is 9.86. The van der Waals surface area contributed by atoms with Gasteiger partial charge in [-0.2, -0.15) is 0 Å². The molecule has 0 amide bonds. The zero-order valence-corrected chi connectivity index (χ0v) is 10.4. The molecule has 0 aliphatic carbocycles. The van der Waals surface area contributed by atoms with Gasteiger partial charge in [0.25, 0.3) is 0 Å². The van der Waals surface area contributed by atoms with Crippen molar-refractivity contribution in [2.45, 2.75) is 32.8 Å². The first kappa shape index (κ1) is 11.9. The van der Waals surface area contributed by atoms with Gasteiger partial charge < -0.3 is 9.52 Å². The van der Waals surface area contributed by atoms with Crippen LogP contribution in [0.25, 0.3) is 11.5 Å². The van der Waals surface area contributed by atoms with Crippen LogP contribution in [-0.2, 0) is 12.0 Å². The van der Waals surface area contributed by atoms with Crippen LogP contribution >= 0.6 is 0 Å². The quantitative estimate of drug-likeness (QED) is 0.863. The Morgan fingerprint density at radius 2 is 2.06 bits per heavy atom. The van der Waals surface area contributed by atoms with E-state index in [2.05, 4.69) is 37.9 Å². The number of rotatable bonds is 2. The monoisotopic (exact) mass is 231 g/mol. The molecular weight excluding hydrogens is 214 g/mol. The second-order valence-corrected chi connectivity index (χ2v) is 5.13. The predicted octanol–water partition coefficient (Wildman–Crippen LogP) is 3.13. The standard InChI is InChI=1S/C14H17NO2/c1-14(2,3)11-6-4-5-10(7-11)13-15-12(8-16)9-17-13/h4-7,9,16H,8H2,1-3H3. The second-order valence-electron chi connectivity index (χ2n) is 5.13. The summed E-state index contributed by atoms with van der Waals surface area (Å²) >= 11 is 0. The molecule has 0 saturated carbocycles. The molecule has 90 valence electrons. The van der Waals surface area contributed by atoms with Crippen molar-refractivity contribution < 1.29 is 9.52 Å². The van der Waals surface area contributed by atoms with Crippen LogP contribution in [0.3, 0.4) is 0 Å². The Kier molecular flexibility index (Phi) is 3.03. The number of aromatic nitrogens is 1. The summed E-state index contributed by atoms with van der Waals surface area (Å²) < 4.78 is 5.34. The van der Waals surface area contributed by atoms with Crippen LogP contribution in [-0.4, -0.2) is 10.1 Å². The molecule has 0 fully saturated rings. The fourth-order valence-corrected chi connectivity index (χ4v) is 1.63. The number of aliphatic hydroxyl groups excluding tert-OH is 1. The maximum absolute atomic E-state index is 8.96. The minimum atomic E-state index is -0.0948. The highest BCUT2D eigenvalue weighted by Crippen LogP contribution is 2.27. The predicted molar refractivity (Wildman–Crippen MR) is 66.6 cm³/mol. The second kappa shape index (κ2) is 4.34. The van der Waals surface area contributed by atoms with Crippen molar-refractivity contribution in [1.82, 2.24) is 4.98 Å². The molecule has 1 heterocycles. The molecule has 0 aliphatic heterocycles. The summed E-state index contributed by atoms with van der Waals surface area (Å²) in [5, 5.41) is 8.96. The fraction of sp³-hybridized carbons (Fsp3) is 0.357. The lowest BCUT2D eigenvalue weighted by molar-refractivity contribution is 0.276. The van der Waals surface area contributed by atoms with Gasteiger partial charge in [-0.15, -0.1) is 0 Å². The molecule has 3 heteroatoms. The van der Waals surface area contributed by atoms with Crippen LogP contribution in [0.2, 0.25) is 0 Å². The van der Waals surface area contributed by atoms with Crippen LogP contribution in [0.15, 0.2) is 34.9 Å². The molecular formula is C14H17NO2. The first-order valence-corrected chi connectivity index (χ1v) is 5.67. The number of nitrogens with zero attached hydrogens (tertiary/aromatic N) is 1. The number of oxazole rings is 1. The number of benzene rings is 1. The van der Waals surface area contributed by atoms with E-state index >= 15 is 0 Å². The van der Waals surface area contributed by atoms with Gasteiger partial charge in [-0.25, -0.2) is 4.98 Å². The highest BCUT2D eigenvalue weighted by atomic mass is 16.3. The Hall–Kier alpha value is -1.61. The van der Waals surface area contributed by atoms with Crippen molar-refractivity contribution in [3.05, 3.63) is 41.8 Å². The van der Waals surface area contributed by atoms with Crippen LogP contribution in [0.1, 0.15) is 32.0 Å². The van der Waals surface area contributed by atoms with Crippen molar-refractivity contribution in [3.8, 4) is 11.5 Å². The molecule has 0 spiro atoms. The van der Waals surface area contributed by atoms with Crippen molar-refractivity contribution in [1.29, 1.82) is 0 Å².